The number of nitrogens with zero attached hydrogens (tertiary/aromatic N) is 2. The number of benzene rings is 1. The van der Waals surface area contributed by atoms with Crippen molar-refractivity contribution >= 4 is 11.7 Å². The second-order valence-corrected chi connectivity index (χ2v) is 7.25. The highest BCUT2D eigenvalue weighted by Gasteiger charge is 2.51. The number of nitrogens with one attached hydrogen (secondary N) is 1. The summed E-state index contributed by atoms with van der Waals surface area (Å²) in [5.74, 6) is -0.111. The summed E-state index contributed by atoms with van der Waals surface area (Å²) in [5.41, 5.74) is 2.55. The first-order valence-electron chi connectivity index (χ1n) is 8.56. The van der Waals surface area contributed by atoms with Crippen LogP contribution < -0.4 is 5.32 Å². The van der Waals surface area contributed by atoms with Crippen LogP contribution >= 0.6 is 0 Å². The number of carbonyl (C=O) groups excluding carboxylic acids is 2. The average Bonchev–Trinajstić information content (AvgIpc) is 2.89. The smallest absolute Gasteiger partial charge is 0.252 e. The van der Waals surface area contributed by atoms with Crippen molar-refractivity contribution in [1.82, 2.24) is 15.2 Å². The molecule has 1 saturated heterocycles. The summed E-state index contributed by atoms with van der Waals surface area (Å²) < 4.78 is 0. The highest BCUT2D eigenvalue weighted by atomic mass is 16.2. The molecular formula is C20H21N3O2. The van der Waals surface area contributed by atoms with Crippen LogP contribution in [0, 0.1) is 12.3 Å². The number of likely N-dealkylation sites (tertiary alicyclic amines) is 1. The number of rotatable bonds is 2. The minimum absolute atomic E-state index is 0.0479. The fourth-order valence-corrected chi connectivity index (χ4v) is 3.97. The fourth-order valence-electron chi connectivity index (χ4n) is 3.97. The number of pyridine rings is 1. The van der Waals surface area contributed by atoms with Gasteiger partial charge in [0.25, 0.3) is 5.91 Å². The molecule has 5 heteroatoms. The Labute approximate surface area is 147 Å². The molecule has 25 heavy (non-hydrogen) atoms. The molecule has 1 aromatic carbocycles. The first-order chi connectivity index (χ1) is 12.0. The number of amides is 1. The Kier molecular flexibility index (Phi) is 3.69. The summed E-state index contributed by atoms with van der Waals surface area (Å²) in [6.45, 7) is 5.96. The molecule has 0 aliphatic carbocycles. The van der Waals surface area contributed by atoms with Gasteiger partial charge in [0.15, 0.2) is 5.78 Å². The van der Waals surface area contributed by atoms with E-state index in [0.717, 1.165) is 11.3 Å². The maximum Gasteiger partial charge on any atom is 0.252 e. The molecule has 0 bridgehead atoms. The largest absolute Gasteiger partial charge is 0.347 e. The van der Waals surface area contributed by atoms with Gasteiger partial charge in [0.1, 0.15) is 0 Å². The van der Waals surface area contributed by atoms with E-state index in [1.54, 1.807) is 24.4 Å². The van der Waals surface area contributed by atoms with Gasteiger partial charge < -0.3 is 5.32 Å². The normalized spacial score (nSPS) is 25.9. The van der Waals surface area contributed by atoms with Crippen LogP contribution in [-0.2, 0) is 6.54 Å². The Morgan fingerprint density at radius 3 is 2.72 bits per heavy atom. The third kappa shape index (κ3) is 2.55. The zero-order chi connectivity index (χ0) is 17.6. The second-order valence-electron chi connectivity index (χ2n) is 7.25. The van der Waals surface area contributed by atoms with E-state index in [9.17, 15) is 9.59 Å². The number of aromatic nitrogens is 1. The summed E-state index contributed by atoms with van der Waals surface area (Å²) in [7, 11) is 0. The monoisotopic (exact) mass is 335 g/mol. The SMILES string of the molecule is Cc1cccnc1CN1C[C@H]2NC(=O)c3ccccc3C(=O)[C@@]2(C)C1. The van der Waals surface area contributed by atoms with Gasteiger partial charge in [-0.05, 0) is 31.5 Å². The highest BCUT2D eigenvalue weighted by molar-refractivity contribution is 6.12. The Morgan fingerprint density at radius 2 is 1.96 bits per heavy atom. The van der Waals surface area contributed by atoms with Gasteiger partial charge in [-0.3, -0.25) is 19.5 Å². The molecule has 2 aliphatic rings. The van der Waals surface area contributed by atoms with Gasteiger partial charge in [0.2, 0.25) is 0 Å². The van der Waals surface area contributed by atoms with Gasteiger partial charge >= 0.3 is 0 Å². The van der Waals surface area contributed by atoms with Crippen molar-refractivity contribution in [2.45, 2.75) is 26.4 Å². The lowest BCUT2D eigenvalue weighted by Gasteiger charge is -2.27. The van der Waals surface area contributed by atoms with Crippen LogP contribution in [0.1, 0.15) is 38.9 Å². The lowest BCUT2D eigenvalue weighted by Crippen LogP contribution is -2.47. The van der Waals surface area contributed by atoms with E-state index < -0.39 is 5.41 Å². The van der Waals surface area contributed by atoms with Crippen LogP contribution in [-0.4, -0.2) is 40.7 Å². The molecule has 1 amide bonds. The van der Waals surface area contributed by atoms with E-state index in [1.807, 2.05) is 32.0 Å². The minimum atomic E-state index is -0.620. The molecule has 3 heterocycles. The van der Waals surface area contributed by atoms with E-state index in [1.165, 1.54) is 0 Å². The fraction of sp³-hybridized carbons (Fsp3) is 0.350. The van der Waals surface area contributed by atoms with Gasteiger partial charge in [-0.1, -0.05) is 24.3 Å². The summed E-state index contributed by atoms with van der Waals surface area (Å²) in [6, 6.07) is 10.9. The van der Waals surface area contributed by atoms with E-state index >= 15 is 0 Å². The molecule has 5 nitrogen and oxygen atoms in total. The molecule has 1 fully saturated rings. The van der Waals surface area contributed by atoms with Crippen LogP contribution in [0.25, 0.3) is 0 Å². The number of Topliss-reactive ketones (excluding diaryl/α,β-unsaturated/α-hetero) is 1. The molecule has 4 rings (SSSR count). The van der Waals surface area contributed by atoms with E-state index in [0.29, 0.717) is 30.8 Å². The van der Waals surface area contributed by atoms with Gasteiger partial charge in [0, 0.05) is 31.4 Å². The van der Waals surface area contributed by atoms with Crippen LogP contribution in [0.2, 0.25) is 0 Å². The molecule has 2 aromatic rings. The zero-order valence-corrected chi connectivity index (χ0v) is 14.5. The van der Waals surface area contributed by atoms with Crippen molar-refractivity contribution in [2.24, 2.45) is 5.41 Å². The first kappa shape index (κ1) is 16.0. The lowest BCUT2D eigenvalue weighted by molar-refractivity contribution is 0.0789. The van der Waals surface area contributed by atoms with Crippen molar-refractivity contribution in [3.63, 3.8) is 0 Å². The van der Waals surface area contributed by atoms with E-state index in [2.05, 4.69) is 15.2 Å². The topological polar surface area (TPSA) is 62.3 Å². The predicted molar refractivity (Wildman–Crippen MR) is 94.4 cm³/mol. The van der Waals surface area contributed by atoms with E-state index in [-0.39, 0.29) is 17.7 Å². The summed E-state index contributed by atoms with van der Waals surface area (Å²) in [5, 5.41) is 3.08. The highest BCUT2D eigenvalue weighted by Crippen LogP contribution is 2.37. The molecule has 1 N–H and O–H groups in total. The minimum Gasteiger partial charge on any atom is -0.347 e. The quantitative estimate of drug-likeness (QED) is 0.914. The van der Waals surface area contributed by atoms with Crippen LogP contribution in [0.4, 0.5) is 0 Å². The molecule has 0 spiro atoms. The van der Waals surface area contributed by atoms with Crippen molar-refractivity contribution in [3.05, 3.63) is 65.0 Å². The summed E-state index contributed by atoms with van der Waals surface area (Å²) in [4.78, 5) is 32.4. The number of carbonyl (C=O) groups is 2. The van der Waals surface area contributed by atoms with Gasteiger partial charge in [0.05, 0.1) is 22.7 Å². The number of hydrogen-bond donors (Lipinski definition) is 1. The zero-order valence-electron chi connectivity index (χ0n) is 14.5. The predicted octanol–water partition coefficient (Wildman–Crippen LogP) is 2.21. The molecule has 128 valence electrons. The van der Waals surface area contributed by atoms with Crippen LogP contribution in [0.15, 0.2) is 42.6 Å². The van der Waals surface area contributed by atoms with Gasteiger partial charge in [-0.2, -0.15) is 0 Å². The number of ketones is 1. The molecular weight excluding hydrogens is 314 g/mol. The molecule has 0 saturated carbocycles. The van der Waals surface area contributed by atoms with Crippen LogP contribution in [0.5, 0.6) is 0 Å². The number of fused-ring (bicyclic) bond motifs is 2. The Balaban J connectivity index is 1.65. The Morgan fingerprint density at radius 1 is 1.20 bits per heavy atom. The number of hydrogen-bond acceptors (Lipinski definition) is 4. The average molecular weight is 335 g/mol. The van der Waals surface area contributed by atoms with Crippen molar-refractivity contribution in [3.8, 4) is 0 Å². The Bertz CT molecular complexity index is 864. The van der Waals surface area contributed by atoms with Crippen LogP contribution in [0.3, 0.4) is 0 Å². The third-order valence-corrected chi connectivity index (χ3v) is 5.49. The van der Waals surface area contributed by atoms with E-state index in [4.69, 9.17) is 0 Å². The van der Waals surface area contributed by atoms with Crippen molar-refractivity contribution in [1.29, 1.82) is 0 Å². The van der Waals surface area contributed by atoms with Crippen molar-refractivity contribution < 1.29 is 9.59 Å². The van der Waals surface area contributed by atoms with Crippen molar-refractivity contribution in [2.75, 3.05) is 13.1 Å². The molecule has 1 aromatic heterocycles. The standard InChI is InChI=1S/C20H21N3O2/c1-13-6-5-9-21-16(13)10-23-11-17-20(2,12-23)18(24)14-7-3-4-8-15(14)19(25)22-17/h3-9,17H,10-12H2,1-2H3,(H,22,25)/t17-,20+/m1/s1. The van der Waals surface area contributed by atoms with Gasteiger partial charge in [-0.15, -0.1) is 0 Å². The Hall–Kier alpha value is -2.53. The van der Waals surface area contributed by atoms with Gasteiger partial charge in [-0.25, -0.2) is 0 Å². The second kappa shape index (κ2) is 5.77. The maximum absolute atomic E-state index is 13.2. The molecule has 0 unspecified atom stereocenters. The third-order valence-electron chi connectivity index (χ3n) is 5.49. The lowest BCUT2D eigenvalue weighted by atomic mass is 9.78. The summed E-state index contributed by atoms with van der Waals surface area (Å²) >= 11 is 0. The molecule has 0 radical (unpaired) electrons. The summed E-state index contributed by atoms with van der Waals surface area (Å²) in [6.07, 6.45) is 1.79. The number of aryl methyl sites for hydroxylation is 1. The first-order valence-corrected chi connectivity index (χ1v) is 8.56. The molecule has 2 aliphatic heterocycles. The maximum atomic E-state index is 13.2. The molecule has 2 atom stereocenters.